The lowest BCUT2D eigenvalue weighted by Gasteiger charge is -2.43. The topological polar surface area (TPSA) is 54.0 Å². The zero-order valence-corrected chi connectivity index (χ0v) is 38.6. The molecular weight excluding hydrogens is 669 g/mol. The van der Waals surface area contributed by atoms with Crippen LogP contribution in [-0.4, -0.2) is 55.7 Å². The number of carbonyl (C=O) groups is 1. The van der Waals surface area contributed by atoms with Crippen molar-refractivity contribution in [3.05, 3.63) is 47.5 Å². The fourth-order valence-electron chi connectivity index (χ4n) is 6.02. The summed E-state index contributed by atoms with van der Waals surface area (Å²) in [6.45, 7) is 37.6. The number of carbonyl (C=O) groups excluding carboxylic acids is 1. The molecule has 5 nitrogen and oxygen atoms in total. The molecule has 1 aromatic rings. The van der Waals surface area contributed by atoms with Crippen LogP contribution in [0.3, 0.4) is 0 Å². The van der Waals surface area contributed by atoms with E-state index in [4.69, 9.17) is 18.0 Å². The highest BCUT2D eigenvalue weighted by Crippen LogP contribution is 2.41. The molecule has 0 saturated heterocycles. The van der Waals surface area contributed by atoms with Crippen molar-refractivity contribution in [1.29, 1.82) is 0 Å². The minimum Gasteiger partial charge on any atom is -0.414 e. The van der Waals surface area contributed by atoms with Gasteiger partial charge < -0.3 is 18.0 Å². The Bertz CT molecular complexity index is 1120. The molecular formula is C42H80O5Si3. The van der Waals surface area contributed by atoms with Gasteiger partial charge in [0, 0.05) is 24.7 Å². The van der Waals surface area contributed by atoms with Gasteiger partial charge in [0.2, 0.25) is 0 Å². The normalized spacial score (nSPS) is 16.3. The molecule has 1 aromatic carbocycles. The van der Waals surface area contributed by atoms with Gasteiger partial charge in [-0.05, 0) is 105 Å². The fraction of sp³-hybridized carbons (Fsp3) is 0.786. The van der Waals surface area contributed by atoms with Gasteiger partial charge >= 0.3 is 0 Å². The Labute approximate surface area is 313 Å². The summed E-state index contributed by atoms with van der Waals surface area (Å²) in [4.78, 5) is 14.2. The number of hydrogen-bond donors (Lipinski definition) is 0. The molecule has 0 heterocycles. The molecule has 0 amide bonds. The molecule has 0 bridgehead atoms. The van der Waals surface area contributed by atoms with Crippen LogP contribution in [0.5, 0.6) is 0 Å². The maximum absolute atomic E-state index is 14.2. The zero-order chi connectivity index (χ0) is 38.4. The Hall–Kier alpha value is -0.879. The lowest BCUT2D eigenvalue weighted by Crippen LogP contribution is -2.49. The van der Waals surface area contributed by atoms with Crippen molar-refractivity contribution in [2.24, 2.45) is 5.92 Å². The number of ether oxygens (including phenoxy) is 1. The monoisotopic (exact) mass is 749 g/mol. The van der Waals surface area contributed by atoms with Gasteiger partial charge in [-0.1, -0.05) is 118 Å². The van der Waals surface area contributed by atoms with Crippen LogP contribution in [-0.2, 0) is 29.4 Å². The Morgan fingerprint density at radius 2 is 1.32 bits per heavy atom. The van der Waals surface area contributed by atoms with Crippen molar-refractivity contribution < 1.29 is 22.8 Å². The first-order chi connectivity index (χ1) is 23.1. The predicted molar refractivity (Wildman–Crippen MR) is 224 cm³/mol. The predicted octanol–water partition coefficient (Wildman–Crippen LogP) is 12.9. The van der Waals surface area contributed by atoms with Crippen LogP contribution in [0.4, 0.5) is 0 Å². The van der Waals surface area contributed by atoms with Gasteiger partial charge in [0.15, 0.2) is 30.7 Å². The van der Waals surface area contributed by atoms with E-state index in [-0.39, 0.29) is 40.1 Å². The highest BCUT2D eigenvalue weighted by atomic mass is 28.4. The van der Waals surface area contributed by atoms with E-state index in [2.05, 4.69) is 134 Å². The van der Waals surface area contributed by atoms with Crippen LogP contribution in [0.1, 0.15) is 127 Å². The zero-order valence-electron chi connectivity index (χ0n) is 35.6. The van der Waals surface area contributed by atoms with E-state index in [9.17, 15) is 4.79 Å². The lowest BCUT2D eigenvalue weighted by atomic mass is 9.92. The van der Waals surface area contributed by atoms with Gasteiger partial charge in [-0.2, -0.15) is 0 Å². The first kappa shape index (κ1) is 47.1. The van der Waals surface area contributed by atoms with Crippen molar-refractivity contribution in [3.63, 3.8) is 0 Å². The molecule has 0 aliphatic heterocycles. The average Bonchev–Trinajstić information content (AvgIpc) is 3.01. The van der Waals surface area contributed by atoms with Gasteiger partial charge in [0.1, 0.15) is 0 Å². The summed E-state index contributed by atoms with van der Waals surface area (Å²) in [7, 11) is -6.02. The van der Waals surface area contributed by atoms with Gasteiger partial charge in [0.25, 0.3) is 0 Å². The van der Waals surface area contributed by atoms with E-state index >= 15 is 0 Å². The molecule has 1 rings (SSSR count). The summed E-state index contributed by atoms with van der Waals surface area (Å²) in [6.07, 6.45) is 7.26. The van der Waals surface area contributed by atoms with Crippen molar-refractivity contribution in [3.8, 4) is 0 Å². The number of hydrogen-bond acceptors (Lipinski definition) is 5. The molecule has 50 heavy (non-hydrogen) atoms. The molecule has 0 aromatic heterocycles. The number of benzene rings is 1. The van der Waals surface area contributed by atoms with E-state index in [0.29, 0.717) is 19.6 Å². The third kappa shape index (κ3) is 15.6. The van der Waals surface area contributed by atoms with Gasteiger partial charge in [-0.3, -0.25) is 4.79 Å². The molecule has 0 spiro atoms. The Morgan fingerprint density at radius 3 is 1.82 bits per heavy atom. The summed E-state index contributed by atoms with van der Waals surface area (Å²) in [5.41, 5.74) is 2.30. The molecule has 0 fully saturated rings. The SMILES string of the molecule is CCC[C@H](C/C(C)=C/C(=O)[C@@H](C)[C@H](C[C@@H](CCCOCc1ccccc1)O[Si](C)(C)C(C)(C)C)O[Si](C)(C)C(C)(C)C)O[Si](CC)(CC)CC. The van der Waals surface area contributed by atoms with E-state index < -0.39 is 25.0 Å². The summed E-state index contributed by atoms with van der Waals surface area (Å²) in [6, 6.07) is 13.8. The van der Waals surface area contributed by atoms with Crippen LogP contribution in [0.15, 0.2) is 42.0 Å². The second-order valence-electron chi connectivity index (χ2n) is 18.0. The van der Waals surface area contributed by atoms with Crippen molar-refractivity contribution in [1.82, 2.24) is 0 Å². The Morgan fingerprint density at radius 1 is 0.780 bits per heavy atom. The van der Waals surface area contributed by atoms with E-state index in [0.717, 1.165) is 55.8 Å². The van der Waals surface area contributed by atoms with Crippen LogP contribution < -0.4 is 0 Å². The largest absolute Gasteiger partial charge is 0.414 e. The molecule has 0 aliphatic carbocycles. The Balaban J connectivity index is 3.32. The number of rotatable bonds is 24. The first-order valence-electron chi connectivity index (χ1n) is 19.9. The highest BCUT2D eigenvalue weighted by Gasteiger charge is 2.44. The second kappa shape index (κ2) is 21.1. The van der Waals surface area contributed by atoms with Crippen LogP contribution in [0, 0.1) is 5.92 Å². The van der Waals surface area contributed by atoms with Crippen LogP contribution >= 0.6 is 0 Å². The summed E-state index contributed by atoms with van der Waals surface area (Å²) >= 11 is 0. The first-order valence-corrected chi connectivity index (χ1v) is 28.3. The van der Waals surface area contributed by atoms with Crippen molar-refractivity contribution in [2.75, 3.05) is 6.61 Å². The smallest absolute Gasteiger partial charge is 0.192 e. The minimum absolute atomic E-state index is 0.0103. The molecule has 0 unspecified atom stereocenters. The average molecular weight is 749 g/mol. The number of allylic oxidation sites excluding steroid dienone is 1. The maximum atomic E-state index is 14.2. The van der Waals surface area contributed by atoms with E-state index in [1.807, 2.05) is 12.1 Å². The third-order valence-electron chi connectivity index (χ3n) is 11.8. The molecule has 0 aliphatic rings. The van der Waals surface area contributed by atoms with Gasteiger partial charge in [-0.15, -0.1) is 0 Å². The van der Waals surface area contributed by atoms with E-state index in [1.54, 1.807) is 0 Å². The van der Waals surface area contributed by atoms with Gasteiger partial charge in [0.05, 0.1) is 12.7 Å². The van der Waals surface area contributed by atoms with Crippen LogP contribution in [0.25, 0.3) is 0 Å². The Kier molecular flexibility index (Phi) is 19.9. The summed E-state index contributed by atoms with van der Waals surface area (Å²) < 4.78 is 27.4. The van der Waals surface area contributed by atoms with Crippen LogP contribution in [0.2, 0.25) is 54.4 Å². The van der Waals surface area contributed by atoms with E-state index in [1.165, 1.54) is 5.56 Å². The molecule has 290 valence electrons. The van der Waals surface area contributed by atoms with Gasteiger partial charge in [-0.25, -0.2) is 0 Å². The molecule has 0 radical (unpaired) electrons. The molecule has 0 N–H and O–H groups in total. The standard InChI is InChI=1S/C42H80O5Si3/c1-17-25-37(46-50(18-2,19-3)20-4)30-34(5)31-39(43)35(6)40(47-49(15,16)42(10,11)12)32-38(45-48(13,14)41(7,8)9)28-24-29-44-33-36-26-22-21-23-27-36/h21-23,26-27,31,35,37-38,40H,17-20,24-25,28-30,32-33H2,1-16H3/b34-31+/t35-,37-,38-,40+/m1/s1. The number of ketones is 1. The maximum Gasteiger partial charge on any atom is 0.192 e. The minimum atomic E-state index is -2.19. The third-order valence-corrected chi connectivity index (χ3v) is 25.6. The molecule has 0 saturated carbocycles. The highest BCUT2D eigenvalue weighted by molar-refractivity contribution is 6.74. The summed E-state index contributed by atoms with van der Waals surface area (Å²) in [5, 5.41) is 0.108. The summed E-state index contributed by atoms with van der Waals surface area (Å²) in [5.74, 6) is -0.122. The fourth-order valence-corrected chi connectivity index (χ4v) is 11.7. The van der Waals surface area contributed by atoms with Crippen molar-refractivity contribution >= 4 is 30.7 Å². The molecule has 8 heteroatoms. The van der Waals surface area contributed by atoms with Crippen molar-refractivity contribution in [2.45, 2.75) is 201 Å². The molecule has 4 atom stereocenters. The second-order valence-corrected chi connectivity index (χ2v) is 32.2. The quantitative estimate of drug-likeness (QED) is 0.0598. The lowest BCUT2D eigenvalue weighted by molar-refractivity contribution is -0.121.